The normalized spacial score (nSPS) is 38.4. The van der Waals surface area contributed by atoms with Gasteiger partial charge in [0.25, 0.3) is 0 Å². The second kappa shape index (κ2) is 7.20. The van der Waals surface area contributed by atoms with Gasteiger partial charge in [0.15, 0.2) is 0 Å². The van der Waals surface area contributed by atoms with E-state index >= 15 is 0 Å². The molecule has 5 atom stereocenters. The SMILES string of the molecule is N#CC1CCCN1C(=O)CN(C(=O)O)C12CC3C[C@H](CC(OCCO)(C3)C1)C2. The van der Waals surface area contributed by atoms with Crippen LogP contribution in [-0.4, -0.2) is 75.5 Å². The van der Waals surface area contributed by atoms with Gasteiger partial charge in [-0.05, 0) is 63.2 Å². The molecule has 4 saturated carbocycles. The summed E-state index contributed by atoms with van der Waals surface area (Å²) in [6.45, 7) is 0.546. The number of hydrogen-bond acceptors (Lipinski definition) is 5. The minimum absolute atomic E-state index is 0.0459. The topological polar surface area (TPSA) is 114 Å². The van der Waals surface area contributed by atoms with Gasteiger partial charge in [-0.25, -0.2) is 4.79 Å². The van der Waals surface area contributed by atoms with Gasteiger partial charge >= 0.3 is 6.09 Å². The fourth-order valence-electron chi connectivity index (χ4n) is 6.74. The molecule has 4 aliphatic carbocycles. The number of carboxylic acid groups (broad SMARTS) is 1. The van der Waals surface area contributed by atoms with Crippen LogP contribution in [0.15, 0.2) is 0 Å². The van der Waals surface area contributed by atoms with Gasteiger partial charge < -0.3 is 19.8 Å². The Morgan fingerprint density at radius 1 is 1.25 bits per heavy atom. The number of ether oxygens (including phenoxy) is 1. The number of amides is 2. The average Bonchev–Trinajstić information content (AvgIpc) is 3.11. The fraction of sp³-hybridized carbons (Fsp3) is 0.850. The van der Waals surface area contributed by atoms with Crippen molar-refractivity contribution >= 4 is 12.0 Å². The van der Waals surface area contributed by atoms with Crippen LogP contribution in [0.1, 0.15) is 51.4 Å². The molecule has 0 radical (unpaired) electrons. The lowest BCUT2D eigenvalue weighted by Gasteiger charge is -2.63. The maximum atomic E-state index is 12.9. The van der Waals surface area contributed by atoms with Gasteiger partial charge in [-0.1, -0.05) is 0 Å². The van der Waals surface area contributed by atoms with Gasteiger partial charge in [0.05, 0.1) is 30.4 Å². The Morgan fingerprint density at radius 2 is 1.96 bits per heavy atom. The third kappa shape index (κ3) is 3.25. The minimum Gasteiger partial charge on any atom is -0.465 e. The molecule has 0 aromatic rings. The largest absolute Gasteiger partial charge is 0.465 e. The molecule has 4 bridgehead atoms. The van der Waals surface area contributed by atoms with E-state index in [0.717, 1.165) is 38.5 Å². The highest BCUT2D eigenvalue weighted by Gasteiger charge is 2.61. The summed E-state index contributed by atoms with van der Waals surface area (Å²) in [7, 11) is 0. The molecule has 0 aromatic carbocycles. The van der Waals surface area contributed by atoms with E-state index in [1.165, 1.54) is 9.80 Å². The molecular formula is C20H29N3O5. The molecule has 28 heavy (non-hydrogen) atoms. The average molecular weight is 391 g/mol. The van der Waals surface area contributed by atoms with Crippen LogP contribution in [0.5, 0.6) is 0 Å². The van der Waals surface area contributed by atoms with Gasteiger partial charge in [0.1, 0.15) is 12.6 Å². The number of carbonyl (C=O) groups excluding carboxylic acids is 1. The summed E-state index contributed by atoms with van der Waals surface area (Å²) >= 11 is 0. The minimum atomic E-state index is -1.07. The Balaban J connectivity index is 1.56. The summed E-state index contributed by atoms with van der Waals surface area (Å²) < 4.78 is 6.08. The third-order valence-corrected chi connectivity index (χ3v) is 7.30. The van der Waals surface area contributed by atoms with Crippen LogP contribution in [0.3, 0.4) is 0 Å². The van der Waals surface area contributed by atoms with Crippen molar-refractivity contribution in [2.24, 2.45) is 11.8 Å². The van der Waals surface area contributed by atoms with E-state index in [9.17, 15) is 25.1 Å². The van der Waals surface area contributed by atoms with E-state index in [-0.39, 0.29) is 31.3 Å². The number of likely N-dealkylation sites (tertiary alicyclic amines) is 1. The highest BCUT2D eigenvalue weighted by Crippen LogP contribution is 2.60. The lowest BCUT2D eigenvalue weighted by Crippen LogP contribution is -2.68. The summed E-state index contributed by atoms with van der Waals surface area (Å²) in [6, 6.07) is 1.71. The molecule has 0 spiro atoms. The molecule has 8 nitrogen and oxygen atoms in total. The zero-order valence-corrected chi connectivity index (χ0v) is 16.2. The van der Waals surface area contributed by atoms with Crippen LogP contribution < -0.4 is 0 Å². The molecule has 154 valence electrons. The van der Waals surface area contributed by atoms with Crippen molar-refractivity contribution in [3.63, 3.8) is 0 Å². The van der Waals surface area contributed by atoms with Crippen molar-refractivity contribution in [2.45, 2.75) is 68.5 Å². The summed E-state index contributed by atoms with van der Waals surface area (Å²) in [6.07, 6.45) is 5.42. The van der Waals surface area contributed by atoms with E-state index in [1.807, 2.05) is 0 Å². The monoisotopic (exact) mass is 391 g/mol. The quantitative estimate of drug-likeness (QED) is 0.711. The number of nitriles is 1. The van der Waals surface area contributed by atoms with Crippen molar-refractivity contribution in [1.29, 1.82) is 5.26 Å². The Bertz CT molecular complexity index is 676. The van der Waals surface area contributed by atoms with Crippen molar-refractivity contribution < 1.29 is 24.5 Å². The molecule has 1 heterocycles. The highest BCUT2D eigenvalue weighted by molar-refractivity contribution is 5.83. The molecule has 5 fully saturated rings. The van der Waals surface area contributed by atoms with Crippen LogP contribution >= 0.6 is 0 Å². The molecule has 1 saturated heterocycles. The Morgan fingerprint density at radius 3 is 2.57 bits per heavy atom. The molecule has 1 aliphatic heterocycles. The summed E-state index contributed by atoms with van der Waals surface area (Å²) in [5.41, 5.74) is -0.963. The fourth-order valence-corrected chi connectivity index (χ4v) is 6.74. The number of hydrogen-bond donors (Lipinski definition) is 2. The number of rotatable bonds is 6. The van der Waals surface area contributed by atoms with E-state index < -0.39 is 17.7 Å². The Labute approximate surface area is 165 Å². The number of aliphatic hydroxyl groups excluding tert-OH is 1. The first-order valence-corrected chi connectivity index (χ1v) is 10.3. The standard InChI is InChI=1S/C20H29N3O5/c21-11-16-2-1-3-22(16)17(25)12-23(18(26)27)19-7-14-6-15(8-19)10-20(9-14,13-19)28-5-4-24/h14-16,24H,1-10,12-13H2,(H,26,27)/t14-,15?,16?,19?,20?/m0/s1. The molecule has 2 N–H and O–H groups in total. The van der Waals surface area contributed by atoms with Crippen LogP contribution in [0.2, 0.25) is 0 Å². The van der Waals surface area contributed by atoms with Crippen molar-refractivity contribution in [3.05, 3.63) is 0 Å². The Kier molecular flexibility index (Phi) is 5.00. The van der Waals surface area contributed by atoms with Crippen LogP contribution in [-0.2, 0) is 9.53 Å². The van der Waals surface area contributed by atoms with E-state index in [1.54, 1.807) is 0 Å². The van der Waals surface area contributed by atoms with E-state index in [0.29, 0.717) is 31.2 Å². The summed E-state index contributed by atoms with van der Waals surface area (Å²) in [5, 5.41) is 28.5. The van der Waals surface area contributed by atoms with E-state index in [4.69, 9.17) is 4.74 Å². The molecule has 5 aliphatic rings. The van der Waals surface area contributed by atoms with Crippen molar-refractivity contribution in [2.75, 3.05) is 26.3 Å². The van der Waals surface area contributed by atoms with Crippen LogP contribution in [0, 0.1) is 23.2 Å². The zero-order valence-electron chi connectivity index (χ0n) is 16.2. The molecular weight excluding hydrogens is 362 g/mol. The van der Waals surface area contributed by atoms with Crippen molar-refractivity contribution in [1.82, 2.24) is 9.80 Å². The smallest absolute Gasteiger partial charge is 0.408 e. The zero-order chi connectivity index (χ0) is 19.9. The van der Waals surface area contributed by atoms with Gasteiger partial charge in [-0.2, -0.15) is 5.26 Å². The van der Waals surface area contributed by atoms with E-state index in [2.05, 4.69) is 6.07 Å². The third-order valence-electron chi connectivity index (χ3n) is 7.30. The lowest BCUT2D eigenvalue weighted by atomic mass is 9.50. The first kappa shape index (κ1) is 19.5. The maximum Gasteiger partial charge on any atom is 0.408 e. The number of aliphatic hydroxyl groups is 1. The first-order chi connectivity index (χ1) is 13.4. The van der Waals surface area contributed by atoms with Gasteiger partial charge in [-0.15, -0.1) is 0 Å². The molecule has 5 rings (SSSR count). The maximum absolute atomic E-state index is 12.9. The summed E-state index contributed by atoms with van der Waals surface area (Å²) in [4.78, 5) is 28.0. The Hall–Kier alpha value is -1.85. The van der Waals surface area contributed by atoms with Crippen molar-refractivity contribution in [3.8, 4) is 6.07 Å². The first-order valence-electron chi connectivity index (χ1n) is 10.3. The predicted molar refractivity (Wildman–Crippen MR) is 98.3 cm³/mol. The highest BCUT2D eigenvalue weighted by atomic mass is 16.5. The van der Waals surface area contributed by atoms with Gasteiger partial charge in [0.2, 0.25) is 5.91 Å². The second-order valence-corrected chi connectivity index (χ2v) is 9.18. The van der Waals surface area contributed by atoms with Gasteiger partial charge in [0, 0.05) is 6.54 Å². The number of nitrogens with zero attached hydrogens (tertiary/aromatic N) is 3. The van der Waals surface area contributed by atoms with Crippen LogP contribution in [0.25, 0.3) is 0 Å². The molecule has 8 heteroatoms. The summed E-state index contributed by atoms with van der Waals surface area (Å²) in [5.74, 6) is 0.526. The van der Waals surface area contributed by atoms with Gasteiger partial charge in [-0.3, -0.25) is 9.69 Å². The second-order valence-electron chi connectivity index (χ2n) is 9.18. The predicted octanol–water partition coefficient (Wildman–Crippen LogP) is 1.58. The van der Waals surface area contributed by atoms with Crippen LogP contribution in [0.4, 0.5) is 4.79 Å². The molecule has 4 unspecified atom stereocenters. The number of carbonyl (C=O) groups is 2. The molecule has 0 aromatic heterocycles. The molecule has 2 amide bonds. The lowest BCUT2D eigenvalue weighted by molar-refractivity contribution is -0.198.